The Balaban J connectivity index is 1.64. The molecule has 0 atom stereocenters. The number of nitrogens with one attached hydrogen (secondary N) is 1. The van der Waals surface area contributed by atoms with Gasteiger partial charge in [0.05, 0.1) is 11.1 Å². The Hall–Kier alpha value is -3.02. The van der Waals surface area contributed by atoms with Crippen LogP contribution >= 0.6 is 0 Å². The number of aromatic nitrogens is 1. The van der Waals surface area contributed by atoms with E-state index in [1.165, 1.54) is 4.90 Å². The SMILES string of the molecule is CN(C)Cc1ccc(N2CCN(C(=O)Nc3cc(C(F)(F)F)cc(C(F)(F)F)c3)CC2)nc1. The molecular formula is C21H23F6N5O. The van der Waals surface area contributed by atoms with Gasteiger partial charge in [-0.05, 0) is 43.9 Å². The van der Waals surface area contributed by atoms with E-state index in [4.69, 9.17) is 0 Å². The van der Waals surface area contributed by atoms with Gasteiger partial charge in [-0.3, -0.25) is 0 Å². The molecule has 12 heteroatoms. The lowest BCUT2D eigenvalue weighted by molar-refractivity contribution is -0.143. The average Bonchev–Trinajstić information content (AvgIpc) is 2.72. The highest BCUT2D eigenvalue weighted by Crippen LogP contribution is 2.37. The van der Waals surface area contributed by atoms with E-state index < -0.39 is 35.2 Å². The lowest BCUT2D eigenvalue weighted by atomic mass is 10.1. The fourth-order valence-corrected chi connectivity index (χ4v) is 3.43. The van der Waals surface area contributed by atoms with Crippen LogP contribution < -0.4 is 10.2 Å². The molecule has 2 heterocycles. The molecule has 1 saturated heterocycles. The summed E-state index contributed by atoms with van der Waals surface area (Å²) in [6, 6.07) is 4.05. The van der Waals surface area contributed by atoms with Gasteiger partial charge in [0.15, 0.2) is 0 Å². The summed E-state index contributed by atoms with van der Waals surface area (Å²) in [5.74, 6) is 0.727. The van der Waals surface area contributed by atoms with Crippen molar-refractivity contribution < 1.29 is 31.1 Å². The maximum Gasteiger partial charge on any atom is 0.416 e. The van der Waals surface area contributed by atoms with Crippen molar-refractivity contribution in [2.45, 2.75) is 18.9 Å². The van der Waals surface area contributed by atoms with Crippen LogP contribution in [-0.4, -0.2) is 61.1 Å². The normalized spacial score (nSPS) is 15.2. The summed E-state index contributed by atoms with van der Waals surface area (Å²) in [4.78, 5) is 22.2. The largest absolute Gasteiger partial charge is 0.416 e. The molecule has 33 heavy (non-hydrogen) atoms. The molecule has 0 bridgehead atoms. The van der Waals surface area contributed by atoms with Gasteiger partial charge in [-0.2, -0.15) is 26.3 Å². The Morgan fingerprint density at radius 3 is 2.00 bits per heavy atom. The zero-order valence-corrected chi connectivity index (χ0v) is 18.0. The third-order valence-electron chi connectivity index (χ3n) is 5.04. The monoisotopic (exact) mass is 475 g/mol. The molecule has 6 nitrogen and oxygen atoms in total. The first-order chi connectivity index (χ1) is 15.3. The lowest BCUT2D eigenvalue weighted by Crippen LogP contribution is -2.50. The molecule has 1 aliphatic rings. The molecule has 0 unspecified atom stereocenters. The van der Waals surface area contributed by atoms with Gasteiger partial charge in [-0.1, -0.05) is 6.07 Å². The molecule has 2 aromatic rings. The zero-order valence-electron chi connectivity index (χ0n) is 18.0. The number of rotatable bonds is 4. The smallest absolute Gasteiger partial charge is 0.353 e. The minimum Gasteiger partial charge on any atom is -0.353 e. The van der Waals surface area contributed by atoms with Crippen molar-refractivity contribution in [3.63, 3.8) is 0 Å². The van der Waals surface area contributed by atoms with E-state index in [0.717, 1.165) is 17.9 Å². The molecule has 1 aromatic carbocycles. The predicted octanol–water partition coefficient (Wildman–Crippen LogP) is 4.53. The van der Waals surface area contributed by atoms with Crippen LogP contribution in [0.2, 0.25) is 0 Å². The number of nitrogens with zero attached hydrogens (tertiary/aromatic N) is 4. The highest BCUT2D eigenvalue weighted by Gasteiger charge is 2.37. The highest BCUT2D eigenvalue weighted by molar-refractivity contribution is 5.89. The molecule has 2 amide bonds. The van der Waals surface area contributed by atoms with E-state index in [1.807, 2.05) is 36.0 Å². The summed E-state index contributed by atoms with van der Waals surface area (Å²) in [5, 5.41) is 2.17. The molecule has 0 spiro atoms. The highest BCUT2D eigenvalue weighted by atomic mass is 19.4. The number of halogens is 6. The summed E-state index contributed by atoms with van der Waals surface area (Å²) in [7, 11) is 3.89. The Morgan fingerprint density at radius 2 is 1.55 bits per heavy atom. The molecule has 0 aliphatic carbocycles. The van der Waals surface area contributed by atoms with Gasteiger partial charge in [0.25, 0.3) is 0 Å². The molecule has 1 fully saturated rings. The van der Waals surface area contributed by atoms with Crippen LogP contribution in [-0.2, 0) is 18.9 Å². The van der Waals surface area contributed by atoms with Crippen LogP contribution in [0.3, 0.4) is 0 Å². The molecule has 180 valence electrons. The number of carbonyl (C=O) groups excluding carboxylic acids is 1. The van der Waals surface area contributed by atoms with Gasteiger partial charge >= 0.3 is 18.4 Å². The molecule has 3 rings (SSSR count). The first-order valence-electron chi connectivity index (χ1n) is 10.0. The Morgan fingerprint density at radius 1 is 0.970 bits per heavy atom. The maximum absolute atomic E-state index is 13.0. The van der Waals surface area contributed by atoms with E-state index in [9.17, 15) is 31.1 Å². The van der Waals surface area contributed by atoms with Gasteiger partial charge in [0.1, 0.15) is 5.82 Å². The summed E-state index contributed by atoms with van der Waals surface area (Å²) in [6.07, 6.45) is -8.21. The number of piperazine rings is 1. The standard InChI is InChI=1S/C21H23F6N5O/c1-30(2)13-14-3-4-18(28-12-14)31-5-7-32(8-6-31)19(33)29-17-10-15(20(22,23)24)9-16(11-17)21(25,26)27/h3-4,9-12H,5-8,13H2,1-2H3,(H,29,33). The van der Waals surface area contributed by atoms with Crippen molar-refractivity contribution in [3.05, 3.63) is 53.2 Å². The van der Waals surface area contributed by atoms with Crippen LogP contribution in [0.5, 0.6) is 0 Å². The third-order valence-corrected chi connectivity index (χ3v) is 5.04. The van der Waals surface area contributed by atoms with Gasteiger partial charge in [0, 0.05) is 44.6 Å². The van der Waals surface area contributed by atoms with E-state index >= 15 is 0 Å². The molecule has 0 radical (unpaired) electrons. The zero-order chi connectivity index (χ0) is 24.4. The molecule has 0 saturated carbocycles. The van der Waals surface area contributed by atoms with Crippen LogP contribution in [0.1, 0.15) is 16.7 Å². The number of benzene rings is 1. The first kappa shape index (κ1) is 24.6. The van der Waals surface area contributed by atoms with Crippen molar-refractivity contribution >= 4 is 17.5 Å². The van der Waals surface area contributed by atoms with Crippen LogP contribution in [0, 0.1) is 0 Å². The van der Waals surface area contributed by atoms with E-state index in [1.54, 1.807) is 6.20 Å². The summed E-state index contributed by atoms with van der Waals surface area (Å²) < 4.78 is 78.1. The first-order valence-corrected chi connectivity index (χ1v) is 10.0. The molecule has 1 aliphatic heterocycles. The second-order valence-electron chi connectivity index (χ2n) is 7.96. The topological polar surface area (TPSA) is 51.7 Å². The van der Waals surface area contributed by atoms with Gasteiger partial charge in [0.2, 0.25) is 0 Å². The summed E-state index contributed by atoms with van der Waals surface area (Å²) in [6.45, 7) is 2.05. The predicted molar refractivity (Wildman–Crippen MR) is 111 cm³/mol. The van der Waals surface area contributed by atoms with Crippen molar-refractivity contribution in [2.24, 2.45) is 0 Å². The van der Waals surface area contributed by atoms with E-state index in [0.29, 0.717) is 25.2 Å². The molecule has 1 aromatic heterocycles. The van der Waals surface area contributed by atoms with Gasteiger partial charge in [-0.15, -0.1) is 0 Å². The molecule has 1 N–H and O–H groups in total. The van der Waals surface area contributed by atoms with Crippen LogP contribution in [0.25, 0.3) is 0 Å². The van der Waals surface area contributed by atoms with Crippen LogP contribution in [0.15, 0.2) is 36.5 Å². The third kappa shape index (κ3) is 6.50. The number of pyridine rings is 1. The fraction of sp³-hybridized carbons (Fsp3) is 0.429. The van der Waals surface area contributed by atoms with Gasteiger partial charge < -0.3 is 20.0 Å². The second kappa shape index (κ2) is 9.46. The number of anilines is 2. The number of amides is 2. The maximum atomic E-state index is 13.0. The van der Waals surface area contributed by atoms with E-state index in [2.05, 4.69) is 10.3 Å². The van der Waals surface area contributed by atoms with E-state index in [-0.39, 0.29) is 19.2 Å². The fourth-order valence-electron chi connectivity index (χ4n) is 3.43. The van der Waals surface area contributed by atoms with Crippen molar-refractivity contribution in [3.8, 4) is 0 Å². The Kier molecular flexibility index (Phi) is 7.06. The number of hydrogen-bond donors (Lipinski definition) is 1. The Bertz CT molecular complexity index is 934. The number of urea groups is 1. The molecular weight excluding hydrogens is 452 g/mol. The number of alkyl halides is 6. The quantitative estimate of drug-likeness (QED) is 0.661. The van der Waals surface area contributed by atoms with Crippen molar-refractivity contribution in [2.75, 3.05) is 50.5 Å². The Labute approximate surface area is 186 Å². The average molecular weight is 475 g/mol. The second-order valence-corrected chi connectivity index (χ2v) is 7.96. The number of hydrogen-bond acceptors (Lipinski definition) is 4. The van der Waals surface area contributed by atoms with Crippen molar-refractivity contribution in [1.82, 2.24) is 14.8 Å². The number of carbonyl (C=O) groups is 1. The summed E-state index contributed by atoms with van der Waals surface area (Å²) >= 11 is 0. The lowest BCUT2D eigenvalue weighted by Gasteiger charge is -2.35. The minimum absolute atomic E-state index is 0.0191. The van der Waals surface area contributed by atoms with Crippen LogP contribution in [0.4, 0.5) is 42.6 Å². The summed E-state index contributed by atoms with van der Waals surface area (Å²) in [5.41, 5.74) is -2.49. The van der Waals surface area contributed by atoms with Gasteiger partial charge in [-0.25, -0.2) is 9.78 Å². The van der Waals surface area contributed by atoms with Crippen molar-refractivity contribution in [1.29, 1.82) is 0 Å². The minimum atomic E-state index is -4.98.